The van der Waals surface area contributed by atoms with E-state index in [0.29, 0.717) is 5.56 Å². The molecule has 116 valence electrons. The van der Waals surface area contributed by atoms with Crippen LogP contribution in [0, 0.1) is 5.92 Å². The molecule has 2 atom stereocenters. The van der Waals surface area contributed by atoms with Crippen LogP contribution in [0.3, 0.4) is 0 Å². The largest absolute Gasteiger partial charge is 0.391 e. The van der Waals surface area contributed by atoms with E-state index in [1.807, 2.05) is 50.2 Å². The first-order valence-electron chi connectivity index (χ1n) is 7.58. The Labute approximate surface area is 131 Å². The molecule has 1 amide bonds. The van der Waals surface area contributed by atoms with Gasteiger partial charge in [0.05, 0.1) is 11.7 Å². The lowest BCUT2D eigenvalue weighted by molar-refractivity contribution is 0.0850. The van der Waals surface area contributed by atoms with Crippen LogP contribution in [0.25, 0.3) is 11.1 Å². The van der Waals surface area contributed by atoms with Gasteiger partial charge in [-0.05, 0) is 17.5 Å². The Morgan fingerprint density at radius 2 is 1.95 bits per heavy atom. The number of rotatable bonds is 6. The highest BCUT2D eigenvalue weighted by Gasteiger charge is 2.14. The molecule has 2 rings (SSSR count). The molecule has 0 fully saturated rings. The minimum Gasteiger partial charge on any atom is -0.391 e. The van der Waals surface area contributed by atoms with Crippen molar-refractivity contribution in [3.63, 3.8) is 0 Å². The quantitative estimate of drug-likeness (QED) is 0.862. The second-order valence-electron chi connectivity index (χ2n) is 5.49. The molecule has 0 bridgehead atoms. The van der Waals surface area contributed by atoms with Gasteiger partial charge >= 0.3 is 0 Å². The lowest BCUT2D eigenvalue weighted by Gasteiger charge is -2.17. The predicted molar refractivity (Wildman–Crippen MR) is 87.5 cm³/mol. The fourth-order valence-corrected chi connectivity index (χ4v) is 2.13. The average Bonchev–Trinajstić information content (AvgIpc) is 2.59. The Balaban J connectivity index is 2.05. The van der Waals surface area contributed by atoms with Crippen LogP contribution in [0.2, 0.25) is 0 Å². The molecule has 0 saturated carbocycles. The van der Waals surface area contributed by atoms with E-state index < -0.39 is 6.10 Å². The van der Waals surface area contributed by atoms with E-state index in [1.165, 1.54) is 6.20 Å². The summed E-state index contributed by atoms with van der Waals surface area (Å²) in [7, 11) is 0. The van der Waals surface area contributed by atoms with E-state index in [1.54, 1.807) is 6.20 Å². The Morgan fingerprint density at radius 3 is 2.64 bits per heavy atom. The zero-order valence-electron chi connectivity index (χ0n) is 13.0. The van der Waals surface area contributed by atoms with Gasteiger partial charge in [0.1, 0.15) is 0 Å². The van der Waals surface area contributed by atoms with Gasteiger partial charge in [0.15, 0.2) is 0 Å². The van der Waals surface area contributed by atoms with Gasteiger partial charge in [-0.15, -0.1) is 0 Å². The van der Waals surface area contributed by atoms with Gasteiger partial charge in [-0.2, -0.15) is 0 Å². The Hall–Kier alpha value is -2.20. The van der Waals surface area contributed by atoms with Crippen LogP contribution >= 0.6 is 0 Å². The maximum absolute atomic E-state index is 12.2. The Kier molecular flexibility index (Phi) is 5.67. The third-order valence-corrected chi connectivity index (χ3v) is 3.88. The minimum atomic E-state index is -0.529. The molecule has 2 aromatic rings. The van der Waals surface area contributed by atoms with Crippen molar-refractivity contribution < 1.29 is 9.90 Å². The number of carbonyl (C=O) groups excluding carboxylic acids is 1. The van der Waals surface area contributed by atoms with Crippen molar-refractivity contribution in [1.29, 1.82) is 0 Å². The highest BCUT2D eigenvalue weighted by atomic mass is 16.3. The van der Waals surface area contributed by atoms with Crippen molar-refractivity contribution in [2.24, 2.45) is 5.92 Å². The summed E-state index contributed by atoms with van der Waals surface area (Å²) in [6.45, 7) is 4.24. The van der Waals surface area contributed by atoms with Crippen LogP contribution < -0.4 is 5.32 Å². The van der Waals surface area contributed by atoms with Crippen molar-refractivity contribution in [3.05, 3.63) is 54.4 Å². The summed E-state index contributed by atoms with van der Waals surface area (Å²) in [5.41, 5.74) is 2.41. The molecular formula is C18H22N2O2. The molecule has 1 aromatic carbocycles. The first kappa shape index (κ1) is 16.2. The number of amides is 1. The highest BCUT2D eigenvalue weighted by Crippen LogP contribution is 2.18. The van der Waals surface area contributed by atoms with Gasteiger partial charge in [-0.1, -0.05) is 50.6 Å². The maximum Gasteiger partial charge on any atom is 0.252 e. The Morgan fingerprint density at radius 1 is 1.23 bits per heavy atom. The second-order valence-corrected chi connectivity index (χ2v) is 5.49. The van der Waals surface area contributed by atoms with Crippen molar-refractivity contribution in [3.8, 4) is 11.1 Å². The number of benzene rings is 1. The molecular weight excluding hydrogens is 276 g/mol. The maximum atomic E-state index is 12.2. The van der Waals surface area contributed by atoms with E-state index in [9.17, 15) is 9.90 Å². The number of carbonyl (C=O) groups is 1. The van der Waals surface area contributed by atoms with Crippen LogP contribution in [0.15, 0.2) is 48.8 Å². The van der Waals surface area contributed by atoms with Crippen molar-refractivity contribution in [1.82, 2.24) is 10.3 Å². The predicted octanol–water partition coefficient (Wildman–Crippen LogP) is 2.89. The third kappa shape index (κ3) is 4.15. The normalized spacial score (nSPS) is 13.4. The standard InChI is InChI=1S/C18H22N2O2/c1-3-13(2)17(21)12-20-18(22)16-9-15(10-19-11-16)14-7-5-4-6-8-14/h4-11,13,17,21H,3,12H2,1-2H3,(H,20,22). The van der Waals surface area contributed by atoms with Gasteiger partial charge in [0.2, 0.25) is 0 Å². The molecule has 4 heteroatoms. The van der Waals surface area contributed by atoms with Crippen molar-refractivity contribution >= 4 is 5.91 Å². The number of aliphatic hydroxyl groups excluding tert-OH is 1. The van der Waals surface area contributed by atoms with Crippen molar-refractivity contribution in [2.45, 2.75) is 26.4 Å². The number of hydrogen-bond donors (Lipinski definition) is 2. The van der Waals surface area contributed by atoms with Gasteiger partial charge < -0.3 is 10.4 Å². The summed E-state index contributed by atoms with van der Waals surface area (Å²) in [4.78, 5) is 16.3. The number of hydrogen-bond acceptors (Lipinski definition) is 3. The molecule has 0 aliphatic rings. The topological polar surface area (TPSA) is 62.2 Å². The zero-order valence-corrected chi connectivity index (χ0v) is 13.0. The van der Waals surface area contributed by atoms with E-state index in [4.69, 9.17) is 0 Å². The van der Waals surface area contributed by atoms with Crippen LogP contribution in [0.4, 0.5) is 0 Å². The molecule has 1 aromatic heterocycles. The summed E-state index contributed by atoms with van der Waals surface area (Å²) >= 11 is 0. The third-order valence-electron chi connectivity index (χ3n) is 3.88. The molecule has 0 saturated heterocycles. The zero-order chi connectivity index (χ0) is 15.9. The minimum absolute atomic E-state index is 0.161. The van der Waals surface area contributed by atoms with Crippen LogP contribution in [0.5, 0.6) is 0 Å². The van der Waals surface area contributed by atoms with E-state index in [0.717, 1.165) is 17.5 Å². The van der Waals surface area contributed by atoms with E-state index in [2.05, 4.69) is 10.3 Å². The summed E-state index contributed by atoms with van der Waals surface area (Å²) < 4.78 is 0. The summed E-state index contributed by atoms with van der Waals surface area (Å²) in [6, 6.07) is 11.6. The molecule has 4 nitrogen and oxygen atoms in total. The number of nitrogens with zero attached hydrogens (tertiary/aromatic N) is 1. The highest BCUT2D eigenvalue weighted by molar-refractivity contribution is 5.95. The lowest BCUT2D eigenvalue weighted by atomic mass is 10.0. The van der Waals surface area contributed by atoms with E-state index in [-0.39, 0.29) is 18.4 Å². The first-order chi connectivity index (χ1) is 10.6. The molecule has 2 N–H and O–H groups in total. The summed E-state index contributed by atoms with van der Waals surface area (Å²) in [6.07, 6.45) is 3.62. The van der Waals surface area contributed by atoms with Gasteiger partial charge in [0, 0.05) is 24.5 Å². The number of aromatic nitrogens is 1. The SMILES string of the molecule is CCC(C)C(O)CNC(=O)c1cncc(-c2ccccc2)c1. The molecule has 1 heterocycles. The fourth-order valence-electron chi connectivity index (χ4n) is 2.13. The first-order valence-corrected chi connectivity index (χ1v) is 7.58. The molecule has 0 radical (unpaired) electrons. The van der Waals surface area contributed by atoms with Crippen LogP contribution in [-0.4, -0.2) is 28.6 Å². The number of pyridine rings is 1. The monoisotopic (exact) mass is 298 g/mol. The average molecular weight is 298 g/mol. The van der Waals surface area contributed by atoms with Gasteiger partial charge in [-0.3, -0.25) is 9.78 Å². The molecule has 0 aliphatic carbocycles. The van der Waals surface area contributed by atoms with Gasteiger partial charge in [0.25, 0.3) is 5.91 Å². The second kappa shape index (κ2) is 7.71. The Bertz CT molecular complexity index is 613. The van der Waals surface area contributed by atoms with Crippen LogP contribution in [-0.2, 0) is 0 Å². The summed E-state index contributed by atoms with van der Waals surface area (Å²) in [5.74, 6) is -0.0540. The molecule has 0 spiro atoms. The van der Waals surface area contributed by atoms with E-state index >= 15 is 0 Å². The molecule has 2 unspecified atom stereocenters. The molecule has 22 heavy (non-hydrogen) atoms. The molecule has 0 aliphatic heterocycles. The van der Waals surface area contributed by atoms with Gasteiger partial charge in [-0.25, -0.2) is 0 Å². The summed E-state index contributed by atoms with van der Waals surface area (Å²) in [5, 5.41) is 12.7. The fraction of sp³-hybridized carbons (Fsp3) is 0.333. The number of nitrogens with one attached hydrogen (secondary N) is 1. The van der Waals surface area contributed by atoms with Crippen molar-refractivity contribution in [2.75, 3.05) is 6.54 Å². The smallest absolute Gasteiger partial charge is 0.252 e. The lowest BCUT2D eigenvalue weighted by Crippen LogP contribution is -2.35. The van der Waals surface area contributed by atoms with Crippen LogP contribution in [0.1, 0.15) is 30.6 Å². The number of aliphatic hydroxyl groups is 1.